The molecule has 3 aromatic rings. The molecule has 132 valence electrons. The van der Waals surface area contributed by atoms with E-state index < -0.39 is 11.5 Å². The number of aromatic hydroxyl groups is 1. The number of halogens is 1. The number of hydrogen-bond acceptors (Lipinski definition) is 5. The number of carboxylic acids is 1. The van der Waals surface area contributed by atoms with E-state index in [0.29, 0.717) is 16.4 Å². The van der Waals surface area contributed by atoms with Gasteiger partial charge < -0.3 is 10.2 Å². The zero-order chi connectivity index (χ0) is 18.8. The highest BCUT2D eigenvalue weighted by molar-refractivity contribution is 6.30. The highest BCUT2D eigenvalue weighted by atomic mass is 35.5. The molecule has 0 radical (unpaired) electrons. The van der Waals surface area contributed by atoms with Crippen LogP contribution >= 0.6 is 11.6 Å². The van der Waals surface area contributed by atoms with Crippen LogP contribution in [0.5, 0.6) is 5.75 Å². The Morgan fingerprint density at radius 1 is 1.19 bits per heavy atom. The fourth-order valence-corrected chi connectivity index (χ4v) is 2.48. The number of azo groups is 1. The molecule has 0 aliphatic heterocycles. The van der Waals surface area contributed by atoms with E-state index in [1.807, 2.05) is 0 Å². The second-order valence-electron chi connectivity index (χ2n) is 5.41. The molecule has 2 aromatic carbocycles. The molecule has 0 fully saturated rings. The lowest BCUT2D eigenvalue weighted by atomic mass is 10.2. The van der Waals surface area contributed by atoms with Crippen LogP contribution in [0.4, 0.5) is 11.4 Å². The molecule has 0 saturated heterocycles. The van der Waals surface area contributed by atoms with Gasteiger partial charge in [0.25, 0.3) is 5.56 Å². The van der Waals surface area contributed by atoms with E-state index in [9.17, 15) is 14.7 Å². The zero-order valence-corrected chi connectivity index (χ0v) is 14.2. The summed E-state index contributed by atoms with van der Waals surface area (Å²) in [5.41, 5.74) is 0.606. The van der Waals surface area contributed by atoms with Gasteiger partial charge in [0.1, 0.15) is 11.4 Å². The van der Waals surface area contributed by atoms with Crippen LogP contribution in [0.3, 0.4) is 0 Å². The zero-order valence-electron chi connectivity index (χ0n) is 13.5. The number of phenolic OH excluding ortho intramolecular Hbond substituents is 1. The fourth-order valence-electron chi connectivity index (χ4n) is 2.30. The molecule has 0 bridgehead atoms. The minimum atomic E-state index is -1.17. The summed E-state index contributed by atoms with van der Waals surface area (Å²) in [6.07, 6.45) is 0. The quantitative estimate of drug-likeness (QED) is 0.600. The molecule has 8 nitrogen and oxygen atoms in total. The molecule has 0 atom stereocenters. The summed E-state index contributed by atoms with van der Waals surface area (Å²) in [5, 5.41) is 29.8. The van der Waals surface area contributed by atoms with Gasteiger partial charge >= 0.3 is 5.97 Å². The van der Waals surface area contributed by atoms with Gasteiger partial charge in [0.15, 0.2) is 5.69 Å². The molecule has 26 heavy (non-hydrogen) atoms. The normalized spacial score (nSPS) is 11.2. The van der Waals surface area contributed by atoms with Crippen molar-refractivity contribution < 1.29 is 15.0 Å². The average Bonchev–Trinajstić information content (AvgIpc) is 2.88. The number of nitrogens with one attached hydrogen (secondary N) is 1. The van der Waals surface area contributed by atoms with Gasteiger partial charge in [0, 0.05) is 5.02 Å². The lowest BCUT2D eigenvalue weighted by Crippen LogP contribution is -2.13. The number of nitrogens with zero attached hydrogens (tertiary/aromatic N) is 3. The fraction of sp³-hybridized carbons (Fsp3) is 0.0588. The first-order valence-corrected chi connectivity index (χ1v) is 7.80. The van der Waals surface area contributed by atoms with Gasteiger partial charge in [-0.05, 0) is 43.3 Å². The summed E-state index contributed by atoms with van der Waals surface area (Å²) in [7, 11) is 0. The highest BCUT2D eigenvalue weighted by Gasteiger charge is 2.13. The number of aromatic amines is 1. The van der Waals surface area contributed by atoms with E-state index in [1.54, 1.807) is 31.2 Å². The van der Waals surface area contributed by atoms with Crippen LogP contribution in [0.15, 0.2) is 57.5 Å². The summed E-state index contributed by atoms with van der Waals surface area (Å²) in [4.78, 5) is 23.4. The van der Waals surface area contributed by atoms with Crippen LogP contribution in [0.2, 0.25) is 5.02 Å². The van der Waals surface area contributed by atoms with Gasteiger partial charge in [0.05, 0.1) is 16.9 Å². The van der Waals surface area contributed by atoms with Crippen molar-refractivity contribution in [1.29, 1.82) is 0 Å². The molecular formula is C17H13ClN4O4. The van der Waals surface area contributed by atoms with Gasteiger partial charge in [-0.15, -0.1) is 10.2 Å². The summed E-state index contributed by atoms with van der Waals surface area (Å²) >= 11 is 5.95. The molecule has 0 unspecified atom stereocenters. The van der Waals surface area contributed by atoms with E-state index in [-0.39, 0.29) is 22.7 Å². The molecule has 1 heterocycles. The summed E-state index contributed by atoms with van der Waals surface area (Å²) in [5.74, 6) is -1.52. The van der Waals surface area contributed by atoms with Gasteiger partial charge in [-0.25, -0.2) is 9.48 Å². The van der Waals surface area contributed by atoms with Crippen LogP contribution < -0.4 is 5.56 Å². The second-order valence-corrected chi connectivity index (χ2v) is 5.85. The number of hydrogen-bond donors (Lipinski definition) is 3. The second kappa shape index (κ2) is 6.85. The van der Waals surface area contributed by atoms with Gasteiger partial charge in [-0.2, -0.15) is 0 Å². The molecule has 3 rings (SSSR count). The Bertz CT molecular complexity index is 1080. The van der Waals surface area contributed by atoms with E-state index in [4.69, 9.17) is 16.7 Å². The molecule has 0 amide bonds. The molecule has 0 aliphatic rings. The molecule has 0 spiro atoms. The molecule has 3 N–H and O–H groups in total. The Morgan fingerprint density at radius 2 is 1.96 bits per heavy atom. The predicted molar refractivity (Wildman–Crippen MR) is 95.4 cm³/mol. The summed E-state index contributed by atoms with van der Waals surface area (Å²) in [6, 6.07) is 10.4. The molecule has 0 aliphatic carbocycles. The Labute approximate surface area is 152 Å². The first-order chi connectivity index (χ1) is 12.4. The lowest BCUT2D eigenvalue weighted by Gasteiger charge is -2.01. The standard InChI is InChI=1S/C17H13ClN4O4/c1-9-15(16(24)22(21-9)12-4-2-3-11(18)8-12)20-19-13-6-5-10(17(25)26)7-14(13)23/h2-8,21,23H,1H3,(H,25,26). The Morgan fingerprint density at radius 3 is 2.62 bits per heavy atom. The summed E-state index contributed by atoms with van der Waals surface area (Å²) in [6.45, 7) is 1.66. The third-order valence-corrected chi connectivity index (χ3v) is 3.82. The van der Waals surface area contributed by atoms with Gasteiger partial charge in [-0.1, -0.05) is 17.7 Å². The highest BCUT2D eigenvalue weighted by Crippen LogP contribution is 2.29. The topological polar surface area (TPSA) is 120 Å². The molecule has 9 heteroatoms. The lowest BCUT2D eigenvalue weighted by molar-refractivity contribution is 0.0696. The third-order valence-electron chi connectivity index (χ3n) is 3.59. The SMILES string of the molecule is Cc1[nH]n(-c2cccc(Cl)c2)c(=O)c1N=Nc1ccc(C(=O)O)cc1O. The van der Waals surface area contributed by atoms with Gasteiger partial charge in [0.2, 0.25) is 0 Å². The maximum Gasteiger partial charge on any atom is 0.335 e. The minimum absolute atomic E-state index is 0.0457. The number of carboxylic acid groups (broad SMARTS) is 1. The maximum absolute atomic E-state index is 12.5. The van der Waals surface area contributed by atoms with Crippen molar-refractivity contribution in [3.8, 4) is 11.4 Å². The van der Waals surface area contributed by atoms with Crippen LogP contribution in [-0.4, -0.2) is 26.0 Å². The van der Waals surface area contributed by atoms with Crippen molar-refractivity contribution in [3.05, 3.63) is 69.1 Å². The largest absolute Gasteiger partial charge is 0.506 e. The number of carbonyl (C=O) groups is 1. The van der Waals surface area contributed by atoms with Crippen molar-refractivity contribution in [2.75, 3.05) is 0 Å². The van der Waals surface area contributed by atoms with E-state index in [0.717, 1.165) is 6.07 Å². The summed E-state index contributed by atoms with van der Waals surface area (Å²) < 4.78 is 1.28. The minimum Gasteiger partial charge on any atom is -0.506 e. The first kappa shape index (κ1) is 17.4. The molecular weight excluding hydrogens is 360 g/mol. The third kappa shape index (κ3) is 3.35. The maximum atomic E-state index is 12.5. The first-order valence-electron chi connectivity index (χ1n) is 7.42. The average molecular weight is 373 g/mol. The number of rotatable bonds is 4. The Hall–Kier alpha value is -3.39. The van der Waals surface area contributed by atoms with Crippen molar-refractivity contribution in [1.82, 2.24) is 9.78 Å². The number of phenols is 1. The Balaban J connectivity index is 1.97. The smallest absolute Gasteiger partial charge is 0.335 e. The number of aromatic nitrogens is 2. The van der Waals surface area contributed by atoms with Crippen LogP contribution in [0, 0.1) is 6.92 Å². The number of aromatic carboxylic acids is 1. The monoisotopic (exact) mass is 372 g/mol. The van der Waals surface area contributed by atoms with Crippen molar-refractivity contribution in [2.45, 2.75) is 6.92 Å². The number of benzene rings is 2. The molecule has 0 saturated carbocycles. The van der Waals surface area contributed by atoms with Crippen LogP contribution in [0.1, 0.15) is 16.1 Å². The van der Waals surface area contributed by atoms with E-state index in [1.165, 1.54) is 16.8 Å². The predicted octanol–water partition coefficient (Wildman–Crippen LogP) is 3.95. The van der Waals surface area contributed by atoms with E-state index >= 15 is 0 Å². The number of H-pyrrole nitrogens is 1. The molecule has 1 aromatic heterocycles. The van der Waals surface area contributed by atoms with E-state index in [2.05, 4.69) is 15.3 Å². The van der Waals surface area contributed by atoms with Crippen molar-refractivity contribution >= 4 is 28.9 Å². The van der Waals surface area contributed by atoms with Crippen LogP contribution in [-0.2, 0) is 0 Å². The van der Waals surface area contributed by atoms with Crippen molar-refractivity contribution in [2.24, 2.45) is 10.2 Å². The Kier molecular flexibility index (Phi) is 4.59. The number of aryl methyl sites for hydroxylation is 1. The van der Waals surface area contributed by atoms with Crippen molar-refractivity contribution in [3.63, 3.8) is 0 Å². The van der Waals surface area contributed by atoms with Crippen LogP contribution in [0.25, 0.3) is 5.69 Å². The van der Waals surface area contributed by atoms with Gasteiger partial charge in [-0.3, -0.25) is 9.89 Å².